The number of hydrogen-bond donors (Lipinski definition) is 2. The van der Waals surface area contributed by atoms with E-state index in [9.17, 15) is 9.59 Å². The fourth-order valence-electron chi connectivity index (χ4n) is 1.78. The Balaban J connectivity index is 2.48. The molecule has 0 aliphatic carbocycles. The summed E-state index contributed by atoms with van der Waals surface area (Å²) in [6.45, 7) is -0.452. The highest BCUT2D eigenvalue weighted by atomic mass is 16.5. The number of benzene rings is 1. The van der Waals surface area contributed by atoms with Crippen molar-refractivity contribution in [1.82, 2.24) is 10.3 Å². The summed E-state index contributed by atoms with van der Waals surface area (Å²) in [4.78, 5) is 26.4. The van der Waals surface area contributed by atoms with Crippen LogP contribution in [0.3, 0.4) is 0 Å². The number of nitrogens with one attached hydrogen (secondary N) is 1. The SMILES string of the molecule is COc1cccc2ccnc(C(=O)NCC(=O)O)c12. The number of hydrogen-bond acceptors (Lipinski definition) is 4. The molecule has 6 nitrogen and oxygen atoms in total. The summed E-state index contributed by atoms with van der Waals surface area (Å²) in [5.41, 5.74) is 0.149. The summed E-state index contributed by atoms with van der Waals surface area (Å²) in [6, 6.07) is 7.11. The number of nitrogens with zero attached hydrogens (tertiary/aromatic N) is 1. The maximum atomic E-state index is 11.9. The monoisotopic (exact) mass is 260 g/mol. The normalized spacial score (nSPS) is 10.2. The van der Waals surface area contributed by atoms with Crippen LogP contribution in [0, 0.1) is 0 Å². The molecule has 0 spiro atoms. The Bertz CT molecular complexity index is 634. The second kappa shape index (κ2) is 5.34. The Labute approximate surface area is 109 Å². The molecule has 0 atom stereocenters. The van der Waals surface area contributed by atoms with Crippen molar-refractivity contribution < 1.29 is 19.4 Å². The topological polar surface area (TPSA) is 88.5 Å². The average Bonchev–Trinajstić information content (AvgIpc) is 2.43. The van der Waals surface area contributed by atoms with Crippen LogP contribution in [0.5, 0.6) is 5.75 Å². The van der Waals surface area contributed by atoms with Gasteiger partial charge in [-0.3, -0.25) is 14.6 Å². The molecule has 0 saturated carbocycles. The van der Waals surface area contributed by atoms with Crippen LogP contribution in [0.2, 0.25) is 0 Å². The highest BCUT2D eigenvalue weighted by Crippen LogP contribution is 2.27. The molecule has 1 amide bonds. The van der Waals surface area contributed by atoms with Crippen molar-refractivity contribution in [2.24, 2.45) is 0 Å². The van der Waals surface area contributed by atoms with Gasteiger partial charge in [0.2, 0.25) is 0 Å². The van der Waals surface area contributed by atoms with Crippen molar-refractivity contribution >= 4 is 22.6 Å². The molecule has 0 radical (unpaired) electrons. The predicted octanol–water partition coefficient (Wildman–Crippen LogP) is 1.06. The summed E-state index contributed by atoms with van der Waals surface area (Å²) in [6.07, 6.45) is 1.50. The van der Waals surface area contributed by atoms with Crippen LogP contribution in [0.25, 0.3) is 10.8 Å². The van der Waals surface area contributed by atoms with Gasteiger partial charge in [0.1, 0.15) is 18.0 Å². The van der Waals surface area contributed by atoms with Gasteiger partial charge in [0.25, 0.3) is 5.91 Å². The van der Waals surface area contributed by atoms with Crippen LogP contribution in [0.4, 0.5) is 0 Å². The maximum absolute atomic E-state index is 11.9. The molecule has 2 aromatic rings. The molecule has 1 aromatic heterocycles. The van der Waals surface area contributed by atoms with Gasteiger partial charge >= 0.3 is 5.97 Å². The number of aromatic nitrogens is 1. The highest BCUT2D eigenvalue weighted by molar-refractivity contribution is 6.08. The van der Waals surface area contributed by atoms with Crippen molar-refractivity contribution in [3.63, 3.8) is 0 Å². The molecule has 19 heavy (non-hydrogen) atoms. The number of ether oxygens (including phenoxy) is 1. The first-order valence-corrected chi connectivity index (χ1v) is 5.55. The van der Waals surface area contributed by atoms with Gasteiger partial charge in [-0.25, -0.2) is 0 Å². The molecule has 1 aromatic carbocycles. The van der Waals surface area contributed by atoms with Gasteiger partial charge < -0.3 is 15.2 Å². The lowest BCUT2D eigenvalue weighted by atomic mass is 10.1. The number of amides is 1. The van der Waals surface area contributed by atoms with E-state index in [1.807, 2.05) is 6.07 Å². The first kappa shape index (κ1) is 12.8. The van der Waals surface area contributed by atoms with Gasteiger partial charge in [0, 0.05) is 6.20 Å². The Morgan fingerprint density at radius 2 is 2.16 bits per heavy atom. The molecule has 0 aliphatic heterocycles. The number of pyridine rings is 1. The van der Waals surface area contributed by atoms with E-state index < -0.39 is 18.4 Å². The Morgan fingerprint density at radius 3 is 2.84 bits per heavy atom. The molecular weight excluding hydrogens is 248 g/mol. The smallest absolute Gasteiger partial charge is 0.322 e. The minimum atomic E-state index is -1.11. The van der Waals surface area contributed by atoms with Gasteiger partial charge in [-0.2, -0.15) is 0 Å². The number of aliphatic carboxylic acids is 1. The van der Waals surface area contributed by atoms with Crippen molar-refractivity contribution in [2.75, 3.05) is 13.7 Å². The molecule has 0 unspecified atom stereocenters. The molecule has 2 N–H and O–H groups in total. The number of carbonyl (C=O) groups excluding carboxylic acids is 1. The van der Waals surface area contributed by atoms with Gasteiger partial charge in [0.05, 0.1) is 12.5 Å². The Hall–Kier alpha value is -2.63. The number of carboxylic acid groups (broad SMARTS) is 1. The molecule has 6 heteroatoms. The van der Waals surface area contributed by atoms with Gasteiger partial charge in [-0.05, 0) is 17.5 Å². The van der Waals surface area contributed by atoms with Crippen LogP contribution in [0.1, 0.15) is 10.5 Å². The molecule has 98 valence electrons. The third-order valence-electron chi connectivity index (χ3n) is 2.59. The third-order valence-corrected chi connectivity index (χ3v) is 2.59. The van der Waals surface area contributed by atoms with Crippen LogP contribution in [0.15, 0.2) is 30.5 Å². The van der Waals surface area contributed by atoms with E-state index >= 15 is 0 Å². The van der Waals surface area contributed by atoms with Crippen LogP contribution in [-0.4, -0.2) is 35.6 Å². The minimum Gasteiger partial charge on any atom is -0.496 e. The van der Waals surface area contributed by atoms with E-state index in [0.717, 1.165) is 5.39 Å². The molecule has 1 heterocycles. The number of carboxylic acids is 1. The van der Waals surface area contributed by atoms with Gasteiger partial charge in [0.15, 0.2) is 0 Å². The van der Waals surface area contributed by atoms with Crippen LogP contribution in [-0.2, 0) is 4.79 Å². The number of fused-ring (bicyclic) bond motifs is 1. The fraction of sp³-hybridized carbons (Fsp3) is 0.154. The molecule has 0 aliphatic rings. The first-order valence-electron chi connectivity index (χ1n) is 5.55. The van der Waals surface area contributed by atoms with E-state index in [0.29, 0.717) is 11.1 Å². The average molecular weight is 260 g/mol. The summed E-state index contributed by atoms with van der Waals surface area (Å²) in [5.74, 6) is -1.14. The van der Waals surface area contributed by atoms with E-state index in [-0.39, 0.29) is 5.69 Å². The lowest BCUT2D eigenvalue weighted by Gasteiger charge is -2.09. The van der Waals surface area contributed by atoms with E-state index in [1.54, 1.807) is 18.2 Å². The van der Waals surface area contributed by atoms with Crippen molar-refractivity contribution in [3.05, 3.63) is 36.2 Å². The highest BCUT2D eigenvalue weighted by Gasteiger charge is 2.15. The number of rotatable bonds is 4. The van der Waals surface area contributed by atoms with E-state index in [4.69, 9.17) is 9.84 Å². The minimum absolute atomic E-state index is 0.149. The van der Waals surface area contributed by atoms with E-state index in [1.165, 1.54) is 13.3 Å². The lowest BCUT2D eigenvalue weighted by Crippen LogP contribution is -2.30. The molecule has 0 fully saturated rings. The zero-order chi connectivity index (χ0) is 13.8. The second-order valence-corrected chi connectivity index (χ2v) is 3.79. The van der Waals surface area contributed by atoms with Crippen LogP contribution >= 0.6 is 0 Å². The Kier molecular flexibility index (Phi) is 3.61. The predicted molar refractivity (Wildman–Crippen MR) is 68.3 cm³/mol. The van der Waals surface area contributed by atoms with Gasteiger partial charge in [-0.15, -0.1) is 0 Å². The van der Waals surface area contributed by atoms with E-state index in [2.05, 4.69) is 10.3 Å². The quantitative estimate of drug-likeness (QED) is 0.858. The number of methoxy groups -OCH3 is 1. The van der Waals surface area contributed by atoms with Crippen molar-refractivity contribution in [2.45, 2.75) is 0 Å². The standard InChI is InChI=1S/C13H12N2O4/c1-19-9-4-2-3-8-5-6-14-12(11(8)9)13(18)15-7-10(16)17/h2-6H,7H2,1H3,(H,15,18)(H,16,17). The third kappa shape index (κ3) is 2.62. The molecular formula is C13H12N2O4. The lowest BCUT2D eigenvalue weighted by molar-refractivity contribution is -0.135. The van der Waals surface area contributed by atoms with Crippen molar-refractivity contribution in [3.8, 4) is 5.75 Å². The second-order valence-electron chi connectivity index (χ2n) is 3.79. The van der Waals surface area contributed by atoms with Crippen LogP contribution < -0.4 is 10.1 Å². The van der Waals surface area contributed by atoms with Gasteiger partial charge in [-0.1, -0.05) is 12.1 Å². The number of carbonyl (C=O) groups is 2. The Morgan fingerprint density at radius 1 is 1.37 bits per heavy atom. The summed E-state index contributed by atoms with van der Waals surface area (Å²) in [5, 5.41) is 12.2. The largest absolute Gasteiger partial charge is 0.496 e. The fourth-order valence-corrected chi connectivity index (χ4v) is 1.78. The van der Waals surface area contributed by atoms with Crippen molar-refractivity contribution in [1.29, 1.82) is 0 Å². The summed E-state index contributed by atoms with van der Waals surface area (Å²) >= 11 is 0. The zero-order valence-electron chi connectivity index (χ0n) is 10.2. The summed E-state index contributed by atoms with van der Waals surface area (Å²) in [7, 11) is 1.50. The molecule has 0 saturated heterocycles. The zero-order valence-corrected chi connectivity index (χ0v) is 10.2. The molecule has 2 rings (SSSR count). The molecule has 0 bridgehead atoms. The maximum Gasteiger partial charge on any atom is 0.322 e. The summed E-state index contributed by atoms with van der Waals surface area (Å²) < 4.78 is 5.21. The first-order chi connectivity index (χ1) is 9.13.